The summed E-state index contributed by atoms with van der Waals surface area (Å²) < 4.78 is 7.80. The van der Waals surface area contributed by atoms with Crippen LogP contribution in [0.2, 0.25) is 0 Å². The van der Waals surface area contributed by atoms with E-state index in [1.54, 1.807) is 11.0 Å². The van der Waals surface area contributed by atoms with Gasteiger partial charge in [-0.2, -0.15) is 5.10 Å². The largest absolute Gasteiger partial charge is 0.490 e. The monoisotopic (exact) mass is 405 g/mol. The van der Waals surface area contributed by atoms with Crippen molar-refractivity contribution in [1.29, 1.82) is 0 Å². The van der Waals surface area contributed by atoms with Gasteiger partial charge in [-0.05, 0) is 61.1 Å². The van der Waals surface area contributed by atoms with Crippen molar-refractivity contribution in [2.75, 3.05) is 0 Å². The summed E-state index contributed by atoms with van der Waals surface area (Å²) >= 11 is 0. The predicted octanol–water partition coefficient (Wildman–Crippen LogP) is 3.98. The van der Waals surface area contributed by atoms with Gasteiger partial charge in [-0.25, -0.2) is 14.5 Å². The molecular weight excluding hydrogens is 378 g/mol. The Kier molecular flexibility index (Phi) is 6.59. The minimum absolute atomic E-state index is 0.200. The highest BCUT2D eigenvalue weighted by Crippen LogP contribution is 2.23. The number of benzene rings is 2. The number of aromatic nitrogens is 3. The van der Waals surface area contributed by atoms with Gasteiger partial charge in [0.1, 0.15) is 18.4 Å². The fourth-order valence-electron chi connectivity index (χ4n) is 3.64. The zero-order valence-electron chi connectivity index (χ0n) is 17.0. The predicted molar refractivity (Wildman–Crippen MR) is 114 cm³/mol. The zero-order chi connectivity index (χ0) is 20.6. The normalized spacial score (nSPS) is 14.3. The molecule has 1 aromatic heterocycles. The molecule has 0 spiro atoms. The Morgan fingerprint density at radius 1 is 1.00 bits per heavy atom. The second-order valence-electron chi connectivity index (χ2n) is 7.57. The summed E-state index contributed by atoms with van der Waals surface area (Å²) in [5.74, 6) is 0.883. The van der Waals surface area contributed by atoms with Crippen LogP contribution in [0.25, 0.3) is 5.69 Å². The zero-order valence-corrected chi connectivity index (χ0v) is 17.0. The molecule has 156 valence electrons. The van der Waals surface area contributed by atoms with Crippen LogP contribution in [0.4, 0.5) is 4.79 Å². The molecule has 1 aliphatic carbocycles. The van der Waals surface area contributed by atoms with E-state index in [0.29, 0.717) is 19.2 Å². The topological polar surface area (TPSA) is 81.1 Å². The Labute approximate surface area is 176 Å². The first-order chi connectivity index (χ1) is 14.8. The van der Waals surface area contributed by atoms with Gasteiger partial charge in [0.15, 0.2) is 0 Å². The van der Waals surface area contributed by atoms with Gasteiger partial charge in [-0.3, -0.25) is 0 Å². The van der Waals surface area contributed by atoms with Crippen molar-refractivity contribution in [2.45, 2.75) is 51.3 Å². The lowest BCUT2D eigenvalue weighted by atomic mass is 9.98. The van der Waals surface area contributed by atoms with Crippen LogP contribution in [0.15, 0.2) is 61.2 Å². The molecule has 1 heterocycles. The van der Waals surface area contributed by atoms with Crippen LogP contribution >= 0.6 is 0 Å². The Hall–Kier alpha value is -3.35. The van der Waals surface area contributed by atoms with Crippen LogP contribution in [-0.2, 0) is 13.1 Å². The van der Waals surface area contributed by atoms with Crippen LogP contribution in [0.5, 0.6) is 5.75 Å². The highest BCUT2D eigenvalue weighted by atomic mass is 16.5. The third kappa shape index (κ3) is 5.59. The smallest absolute Gasteiger partial charge is 0.315 e. The summed E-state index contributed by atoms with van der Waals surface area (Å²) in [7, 11) is 0. The van der Waals surface area contributed by atoms with E-state index < -0.39 is 0 Å². The van der Waals surface area contributed by atoms with Gasteiger partial charge in [-0.1, -0.05) is 30.7 Å². The lowest BCUT2D eigenvalue weighted by Gasteiger charge is -2.23. The van der Waals surface area contributed by atoms with Crippen molar-refractivity contribution < 1.29 is 9.53 Å². The van der Waals surface area contributed by atoms with E-state index in [9.17, 15) is 4.79 Å². The summed E-state index contributed by atoms with van der Waals surface area (Å²) in [6.45, 7) is 0.910. The molecule has 2 N–H and O–H groups in total. The Morgan fingerprint density at radius 2 is 1.77 bits per heavy atom. The number of urea groups is 1. The first-order valence-electron chi connectivity index (χ1n) is 10.5. The first-order valence-corrected chi connectivity index (χ1v) is 10.5. The van der Waals surface area contributed by atoms with Gasteiger partial charge >= 0.3 is 6.03 Å². The maximum absolute atomic E-state index is 12.2. The lowest BCUT2D eigenvalue weighted by Crippen LogP contribution is -2.34. The molecule has 0 atom stereocenters. The number of amides is 2. The highest BCUT2D eigenvalue weighted by Gasteiger charge is 2.14. The number of hydrogen-bond acceptors (Lipinski definition) is 4. The number of rotatable bonds is 7. The molecule has 4 rings (SSSR count). The standard InChI is InChI=1S/C23H27N5O2/c29-23(25-14-18-9-11-20(12-10-18)28-17-24-16-27-28)26-15-19-5-4-8-22(13-19)30-21-6-2-1-3-7-21/h4-5,8-13,16-17,21H,1-3,6-7,14-15H2,(H2,25,26,29). The second-order valence-corrected chi connectivity index (χ2v) is 7.57. The lowest BCUT2D eigenvalue weighted by molar-refractivity contribution is 0.155. The fraction of sp³-hybridized carbons (Fsp3) is 0.348. The molecule has 0 saturated heterocycles. The Balaban J connectivity index is 1.22. The van der Waals surface area contributed by atoms with Gasteiger partial charge in [0.05, 0.1) is 11.8 Å². The summed E-state index contributed by atoms with van der Waals surface area (Å²) in [6, 6.07) is 15.6. The van der Waals surface area contributed by atoms with Gasteiger partial charge in [0, 0.05) is 13.1 Å². The van der Waals surface area contributed by atoms with Crippen LogP contribution in [0, 0.1) is 0 Å². The van der Waals surface area contributed by atoms with Crippen molar-refractivity contribution in [2.24, 2.45) is 0 Å². The van der Waals surface area contributed by atoms with E-state index in [1.807, 2.05) is 48.5 Å². The van der Waals surface area contributed by atoms with Crippen molar-refractivity contribution in [3.05, 3.63) is 72.3 Å². The number of hydrogen-bond donors (Lipinski definition) is 2. The molecule has 3 aromatic rings. The molecule has 7 heteroatoms. The number of nitrogens with one attached hydrogen (secondary N) is 2. The van der Waals surface area contributed by atoms with E-state index in [1.165, 1.54) is 25.6 Å². The minimum Gasteiger partial charge on any atom is -0.490 e. The average Bonchev–Trinajstić information content (AvgIpc) is 3.33. The molecule has 2 amide bonds. The van der Waals surface area contributed by atoms with E-state index in [4.69, 9.17) is 4.74 Å². The van der Waals surface area contributed by atoms with Crippen molar-refractivity contribution in [1.82, 2.24) is 25.4 Å². The van der Waals surface area contributed by atoms with Gasteiger partial charge < -0.3 is 15.4 Å². The third-order valence-corrected chi connectivity index (χ3v) is 5.28. The summed E-state index contributed by atoms with van der Waals surface area (Å²) in [6.07, 6.45) is 9.53. The molecule has 0 radical (unpaired) electrons. The molecule has 0 bridgehead atoms. The molecule has 0 aliphatic heterocycles. The SMILES string of the molecule is O=C(NCc1ccc(-n2cncn2)cc1)NCc1cccc(OC2CCCCC2)c1. The van der Waals surface area contributed by atoms with E-state index in [2.05, 4.69) is 20.7 Å². The average molecular weight is 406 g/mol. The van der Waals surface area contributed by atoms with Gasteiger partial charge in [0.2, 0.25) is 0 Å². The van der Waals surface area contributed by atoms with Crippen molar-refractivity contribution >= 4 is 6.03 Å². The molecule has 30 heavy (non-hydrogen) atoms. The number of ether oxygens (including phenoxy) is 1. The van der Waals surface area contributed by atoms with Gasteiger partial charge in [-0.15, -0.1) is 0 Å². The number of carbonyl (C=O) groups is 1. The molecule has 0 unspecified atom stereocenters. The molecule has 1 saturated carbocycles. The molecule has 7 nitrogen and oxygen atoms in total. The quantitative estimate of drug-likeness (QED) is 0.623. The highest BCUT2D eigenvalue weighted by molar-refractivity contribution is 5.73. The van der Waals surface area contributed by atoms with Crippen molar-refractivity contribution in [3.8, 4) is 11.4 Å². The summed E-state index contributed by atoms with van der Waals surface area (Å²) in [5, 5.41) is 9.89. The molecular formula is C23H27N5O2. The maximum Gasteiger partial charge on any atom is 0.315 e. The molecule has 1 aliphatic rings. The summed E-state index contributed by atoms with van der Waals surface area (Å²) in [4.78, 5) is 16.1. The molecule has 2 aromatic carbocycles. The maximum atomic E-state index is 12.2. The first kappa shape index (κ1) is 19.9. The van der Waals surface area contributed by atoms with Crippen LogP contribution < -0.4 is 15.4 Å². The van der Waals surface area contributed by atoms with Crippen LogP contribution in [0.3, 0.4) is 0 Å². The Morgan fingerprint density at radius 3 is 2.50 bits per heavy atom. The second kappa shape index (κ2) is 9.91. The van der Waals surface area contributed by atoms with Gasteiger partial charge in [0.25, 0.3) is 0 Å². The van der Waals surface area contributed by atoms with Crippen LogP contribution in [0.1, 0.15) is 43.2 Å². The van der Waals surface area contributed by atoms with Crippen molar-refractivity contribution in [3.63, 3.8) is 0 Å². The van der Waals surface area contributed by atoms with E-state index in [0.717, 1.165) is 35.4 Å². The number of nitrogens with zero attached hydrogens (tertiary/aromatic N) is 3. The fourth-order valence-corrected chi connectivity index (χ4v) is 3.64. The van der Waals surface area contributed by atoms with E-state index >= 15 is 0 Å². The minimum atomic E-state index is -0.200. The third-order valence-electron chi connectivity index (χ3n) is 5.28. The summed E-state index contributed by atoms with van der Waals surface area (Å²) in [5.41, 5.74) is 2.96. The number of carbonyl (C=O) groups excluding carboxylic acids is 1. The van der Waals surface area contributed by atoms with E-state index in [-0.39, 0.29) is 6.03 Å². The van der Waals surface area contributed by atoms with Crippen LogP contribution in [-0.4, -0.2) is 26.9 Å². The Bertz CT molecular complexity index is 934. The molecule has 1 fully saturated rings.